The fourth-order valence-corrected chi connectivity index (χ4v) is 2.27. The zero-order valence-corrected chi connectivity index (χ0v) is 11.9. The lowest BCUT2D eigenvalue weighted by molar-refractivity contribution is 0.0250. The van der Waals surface area contributed by atoms with Gasteiger partial charge in [0.15, 0.2) is 11.6 Å². The predicted octanol–water partition coefficient (Wildman–Crippen LogP) is 1.97. The number of aromatic nitrogens is 2. The molecule has 2 heterocycles. The molecule has 2 N–H and O–H groups in total. The number of hydrogen-bond donors (Lipinski definition) is 2. The van der Waals surface area contributed by atoms with E-state index in [9.17, 15) is 8.78 Å². The maximum absolute atomic E-state index is 13.0. The van der Waals surface area contributed by atoms with Crippen molar-refractivity contribution < 1.29 is 18.3 Å². The number of aromatic amines is 1. The first kappa shape index (κ1) is 14.9. The number of nitrogens with one attached hydrogen (secondary N) is 2. The van der Waals surface area contributed by atoms with Crippen molar-refractivity contribution in [2.24, 2.45) is 0 Å². The van der Waals surface area contributed by atoms with Crippen molar-refractivity contribution in [2.75, 3.05) is 26.3 Å². The summed E-state index contributed by atoms with van der Waals surface area (Å²) in [4.78, 5) is 0. The van der Waals surface area contributed by atoms with E-state index in [1.54, 1.807) is 0 Å². The van der Waals surface area contributed by atoms with E-state index >= 15 is 0 Å². The zero-order chi connectivity index (χ0) is 15.4. The first-order valence-corrected chi connectivity index (χ1v) is 7.17. The predicted molar refractivity (Wildman–Crippen MR) is 75.7 cm³/mol. The van der Waals surface area contributed by atoms with E-state index < -0.39 is 11.6 Å². The topological polar surface area (TPSA) is 59.2 Å². The Hall–Kier alpha value is -1.99. The van der Waals surface area contributed by atoms with Crippen LogP contribution in [0.1, 0.15) is 17.5 Å². The van der Waals surface area contributed by atoms with Gasteiger partial charge in [0.25, 0.3) is 0 Å². The van der Waals surface area contributed by atoms with Gasteiger partial charge in [-0.2, -0.15) is 5.10 Å². The van der Waals surface area contributed by atoms with Crippen LogP contribution >= 0.6 is 0 Å². The molecule has 118 valence electrons. The van der Waals surface area contributed by atoms with Crippen molar-refractivity contribution in [1.29, 1.82) is 0 Å². The SMILES string of the molecule is Fc1ccc(OCCc2cc([C@@H]3CNCCO3)n[nH]2)cc1F. The Bertz CT molecular complexity index is 627. The molecular weight excluding hydrogens is 292 g/mol. The molecular formula is C15H17F2N3O2. The van der Waals surface area contributed by atoms with Gasteiger partial charge < -0.3 is 14.8 Å². The van der Waals surface area contributed by atoms with Crippen LogP contribution in [0.5, 0.6) is 5.75 Å². The maximum Gasteiger partial charge on any atom is 0.162 e. The summed E-state index contributed by atoms with van der Waals surface area (Å²) in [5, 5.41) is 10.4. The Kier molecular flexibility index (Phi) is 4.65. The summed E-state index contributed by atoms with van der Waals surface area (Å²) in [5.74, 6) is -1.49. The summed E-state index contributed by atoms with van der Waals surface area (Å²) in [6.07, 6.45) is 0.553. The van der Waals surface area contributed by atoms with E-state index in [-0.39, 0.29) is 6.10 Å². The average molecular weight is 309 g/mol. The lowest BCUT2D eigenvalue weighted by atomic mass is 10.2. The summed E-state index contributed by atoms with van der Waals surface area (Å²) >= 11 is 0. The number of H-pyrrole nitrogens is 1. The van der Waals surface area contributed by atoms with Crippen molar-refractivity contribution in [3.63, 3.8) is 0 Å². The number of halogens is 2. The van der Waals surface area contributed by atoms with Crippen LogP contribution in [0.25, 0.3) is 0 Å². The van der Waals surface area contributed by atoms with Crippen molar-refractivity contribution in [1.82, 2.24) is 15.5 Å². The third-order valence-corrected chi connectivity index (χ3v) is 3.44. The fourth-order valence-electron chi connectivity index (χ4n) is 2.27. The molecule has 1 saturated heterocycles. The molecule has 0 amide bonds. The second kappa shape index (κ2) is 6.85. The minimum absolute atomic E-state index is 0.0362. The lowest BCUT2D eigenvalue weighted by Gasteiger charge is -2.21. The van der Waals surface area contributed by atoms with Crippen LogP contribution in [0.3, 0.4) is 0 Å². The smallest absolute Gasteiger partial charge is 0.162 e. The third-order valence-electron chi connectivity index (χ3n) is 3.44. The van der Waals surface area contributed by atoms with E-state index in [0.29, 0.717) is 25.4 Å². The standard InChI is InChI=1S/C15H17F2N3O2/c16-12-2-1-11(8-13(12)17)21-5-3-10-7-14(20-19-10)15-9-18-4-6-22-15/h1-2,7-8,15,18H,3-6,9H2,(H,19,20)/t15-/m0/s1. The second-order valence-corrected chi connectivity index (χ2v) is 5.06. The van der Waals surface area contributed by atoms with Crippen LogP contribution in [0, 0.1) is 11.6 Å². The number of nitrogens with zero attached hydrogens (tertiary/aromatic N) is 1. The normalized spacial score (nSPS) is 18.4. The van der Waals surface area contributed by atoms with E-state index in [4.69, 9.17) is 9.47 Å². The molecule has 22 heavy (non-hydrogen) atoms. The molecule has 0 saturated carbocycles. The molecule has 1 aliphatic heterocycles. The van der Waals surface area contributed by atoms with Gasteiger partial charge in [-0.1, -0.05) is 0 Å². The molecule has 0 radical (unpaired) electrons. The van der Waals surface area contributed by atoms with Crippen LogP contribution in [0.2, 0.25) is 0 Å². The van der Waals surface area contributed by atoms with Gasteiger partial charge in [-0.25, -0.2) is 8.78 Å². The van der Waals surface area contributed by atoms with Crippen LogP contribution in [0.15, 0.2) is 24.3 Å². The van der Waals surface area contributed by atoms with E-state index in [0.717, 1.165) is 36.6 Å². The highest BCUT2D eigenvalue weighted by Gasteiger charge is 2.18. The van der Waals surface area contributed by atoms with Crippen LogP contribution in [-0.4, -0.2) is 36.5 Å². The first-order valence-electron chi connectivity index (χ1n) is 7.17. The number of benzene rings is 1. The molecule has 5 nitrogen and oxygen atoms in total. The molecule has 0 spiro atoms. The van der Waals surface area contributed by atoms with E-state index in [2.05, 4.69) is 15.5 Å². The van der Waals surface area contributed by atoms with E-state index in [1.165, 1.54) is 6.07 Å². The highest BCUT2D eigenvalue weighted by atomic mass is 19.2. The second-order valence-electron chi connectivity index (χ2n) is 5.06. The van der Waals surface area contributed by atoms with Gasteiger partial charge in [-0.3, -0.25) is 5.10 Å². The third kappa shape index (κ3) is 3.61. The largest absolute Gasteiger partial charge is 0.493 e. The molecule has 1 fully saturated rings. The number of hydrogen-bond acceptors (Lipinski definition) is 4. The molecule has 0 unspecified atom stereocenters. The van der Waals surface area contributed by atoms with Crippen molar-refractivity contribution in [2.45, 2.75) is 12.5 Å². The molecule has 1 atom stereocenters. The van der Waals surface area contributed by atoms with Gasteiger partial charge in [0, 0.05) is 31.3 Å². The molecule has 2 aromatic rings. The minimum atomic E-state index is -0.914. The van der Waals surface area contributed by atoms with Gasteiger partial charge in [0.1, 0.15) is 11.9 Å². The van der Waals surface area contributed by atoms with Gasteiger partial charge >= 0.3 is 0 Å². The van der Waals surface area contributed by atoms with Gasteiger partial charge in [0.2, 0.25) is 0 Å². The molecule has 3 rings (SSSR count). The van der Waals surface area contributed by atoms with Crippen molar-refractivity contribution in [3.05, 3.63) is 47.3 Å². The number of ether oxygens (including phenoxy) is 2. The van der Waals surface area contributed by atoms with Crippen LogP contribution < -0.4 is 10.1 Å². The molecule has 0 bridgehead atoms. The van der Waals surface area contributed by atoms with Gasteiger partial charge in [0.05, 0.1) is 18.9 Å². The number of rotatable bonds is 5. The highest BCUT2D eigenvalue weighted by Crippen LogP contribution is 2.18. The summed E-state index contributed by atoms with van der Waals surface area (Å²) in [5.41, 5.74) is 1.77. The Labute approximate surface area is 126 Å². The summed E-state index contributed by atoms with van der Waals surface area (Å²) in [7, 11) is 0. The van der Waals surface area contributed by atoms with Gasteiger partial charge in [-0.15, -0.1) is 0 Å². The summed E-state index contributed by atoms with van der Waals surface area (Å²) in [6.45, 7) is 2.62. The van der Waals surface area contributed by atoms with Crippen molar-refractivity contribution in [3.8, 4) is 5.75 Å². The lowest BCUT2D eigenvalue weighted by Crippen LogP contribution is -2.33. The Morgan fingerprint density at radius 1 is 1.27 bits per heavy atom. The first-order chi connectivity index (χ1) is 10.7. The molecule has 7 heteroatoms. The highest BCUT2D eigenvalue weighted by molar-refractivity contribution is 5.23. The zero-order valence-electron chi connectivity index (χ0n) is 11.9. The Balaban J connectivity index is 1.51. The summed E-state index contributed by atoms with van der Waals surface area (Å²) < 4.78 is 36.9. The molecule has 1 aliphatic rings. The summed E-state index contributed by atoms with van der Waals surface area (Å²) in [6, 6.07) is 5.42. The molecule has 1 aromatic carbocycles. The molecule has 1 aromatic heterocycles. The average Bonchev–Trinajstić information content (AvgIpc) is 3.01. The number of morpholine rings is 1. The quantitative estimate of drug-likeness (QED) is 0.886. The molecule has 0 aliphatic carbocycles. The van der Waals surface area contributed by atoms with E-state index in [1.807, 2.05) is 6.07 Å². The fraction of sp³-hybridized carbons (Fsp3) is 0.400. The monoisotopic (exact) mass is 309 g/mol. The minimum Gasteiger partial charge on any atom is -0.493 e. The Morgan fingerprint density at radius 2 is 2.18 bits per heavy atom. The maximum atomic E-state index is 13.0. The van der Waals surface area contributed by atoms with Crippen LogP contribution in [-0.2, 0) is 11.2 Å². The van der Waals surface area contributed by atoms with Crippen LogP contribution in [0.4, 0.5) is 8.78 Å². The Morgan fingerprint density at radius 3 is 2.95 bits per heavy atom. The van der Waals surface area contributed by atoms with Crippen molar-refractivity contribution >= 4 is 0 Å². The van der Waals surface area contributed by atoms with Gasteiger partial charge in [-0.05, 0) is 18.2 Å².